The van der Waals surface area contributed by atoms with E-state index < -0.39 is 0 Å². The summed E-state index contributed by atoms with van der Waals surface area (Å²) in [4.78, 5) is 4.05. The minimum atomic E-state index is 0.553. The molecule has 170 valence electrons. The third-order valence-corrected chi connectivity index (χ3v) is 5.63. The normalized spacial score (nSPS) is 13.3. The molecule has 2 aromatic rings. The molecule has 2 aromatic carbocycles. The van der Waals surface area contributed by atoms with E-state index >= 15 is 0 Å². The van der Waals surface area contributed by atoms with Crippen molar-refractivity contribution in [3.05, 3.63) is 71.8 Å². The molecule has 0 aliphatic rings. The van der Waals surface area contributed by atoms with Crippen LogP contribution in [0.4, 0.5) is 0 Å². The summed E-state index contributed by atoms with van der Waals surface area (Å²) in [6.07, 6.45) is 0. The van der Waals surface area contributed by atoms with Gasteiger partial charge in [0.25, 0.3) is 0 Å². The fourth-order valence-electron chi connectivity index (χ4n) is 3.00. The lowest BCUT2D eigenvalue weighted by Gasteiger charge is -2.18. The SMILES string of the molecule is CCN(CC)/C(S)=N/N=C(/C(=N/N=C(\S)N(CC)CC)c1ccccc1)c1ccccc1. The van der Waals surface area contributed by atoms with E-state index in [1.165, 1.54) is 0 Å². The minimum absolute atomic E-state index is 0.553. The fraction of sp³-hybridized carbons (Fsp3) is 0.333. The average Bonchev–Trinajstić information content (AvgIpc) is 2.83. The van der Waals surface area contributed by atoms with Gasteiger partial charge in [-0.15, -0.1) is 45.7 Å². The van der Waals surface area contributed by atoms with Crippen LogP contribution in [-0.4, -0.2) is 57.7 Å². The van der Waals surface area contributed by atoms with Crippen LogP contribution in [0.15, 0.2) is 81.1 Å². The van der Waals surface area contributed by atoms with Crippen LogP contribution in [0, 0.1) is 0 Å². The minimum Gasteiger partial charge on any atom is -0.351 e. The van der Waals surface area contributed by atoms with Crippen LogP contribution in [0.25, 0.3) is 0 Å². The standard InChI is InChI=1S/C24H32N6S2/c1-5-29(6-2)23(31)27-25-21(19-15-11-9-12-16-19)22(20-17-13-10-14-18-20)26-28-24(32)30(7-3)8-4/h9-18H,5-8H2,1-4H3,(H,27,31)(H,28,32)/b25-21+,26-22+. The van der Waals surface area contributed by atoms with Crippen molar-refractivity contribution >= 4 is 47.0 Å². The lowest BCUT2D eigenvalue weighted by molar-refractivity contribution is 0.473. The summed E-state index contributed by atoms with van der Waals surface area (Å²) in [6, 6.07) is 19.7. The number of amidine groups is 2. The highest BCUT2D eigenvalue weighted by Gasteiger charge is 2.16. The topological polar surface area (TPSA) is 55.9 Å². The maximum Gasteiger partial charge on any atom is 0.182 e. The van der Waals surface area contributed by atoms with Gasteiger partial charge in [-0.3, -0.25) is 0 Å². The Morgan fingerprint density at radius 2 is 0.875 bits per heavy atom. The number of hydrogen-bond donors (Lipinski definition) is 2. The first-order valence-electron chi connectivity index (χ1n) is 10.9. The highest BCUT2D eigenvalue weighted by molar-refractivity contribution is 7.97. The molecule has 0 aliphatic carbocycles. The highest BCUT2D eigenvalue weighted by atomic mass is 32.1. The van der Waals surface area contributed by atoms with E-state index in [-0.39, 0.29) is 0 Å². The first kappa shape index (κ1) is 25.7. The second-order valence-electron chi connectivity index (χ2n) is 6.77. The smallest absolute Gasteiger partial charge is 0.182 e. The number of hydrogen-bond acceptors (Lipinski definition) is 4. The molecule has 0 aromatic heterocycles. The first-order chi connectivity index (χ1) is 15.5. The molecule has 2 rings (SSSR count). The first-order valence-corrected chi connectivity index (χ1v) is 11.7. The fourth-order valence-corrected chi connectivity index (χ4v) is 3.66. The molecule has 0 amide bonds. The van der Waals surface area contributed by atoms with Gasteiger partial charge in [-0.25, -0.2) is 0 Å². The van der Waals surface area contributed by atoms with Gasteiger partial charge in [0, 0.05) is 37.3 Å². The Morgan fingerprint density at radius 1 is 0.562 bits per heavy atom. The Labute approximate surface area is 202 Å². The quantitative estimate of drug-likeness (QED) is 0.234. The molecule has 0 unspecified atom stereocenters. The molecule has 0 N–H and O–H groups in total. The molecule has 0 aliphatic heterocycles. The molecule has 0 saturated carbocycles. The summed E-state index contributed by atoms with van der Waals surface area (Å²) in [5, 5.41) is 19.1. The summed E-state index contributed by atoms with van der Waals surface area (Å²) in [7, 11) is 0. The van der Waals surface area contributed by atoms with Crippen molar-refractivity contribution in [1.82, 2.24) is 9.80 Å². The Hall–Kier alpha value is -2.58. The second-order valence-corrected chi connectivity index (χ2v) is 7.57. The van der Waals surface area contributed by atoms with Gasteiger partial charge in [0.1, 0.15) is 11.4 Å². The van der Waals surface area contributed by atoms with Gasteiger partial charge < -0.3 is 9.80 Å². The number of rotatable bonds is 9. The number of benzene rings is 2. The van der Waals surface area contributed by atoms with Gasteiger partial charge in [-0.1, -0.05) is 60.7 Å². The van der Waals surface area contributed by atoms with Crippen molar-refractivity contribution in [3.63, 3.8) is 0 Å². The van der Waals surface area contributed by atoms with E-state index in [2.05, 4.69) is 73.4 Å². The van der Waals surface area contributed by atoms with Crippen molar-refractivity contribution in [2.45, 2.75) is 27.7 Å². The molecule has 32 heavy (non-hydrogen) atoms. The van der Waals surface area contributed by atoms with Gasteiger partial charge in [0.2, 0.25) is 0 Å². The van der Waals surface area contributed by atoms with Crippen LogP contribution in [0.2, 0.25) is 0 Å². The van der Waals surface area contributed by atoms with E-state index in [1.807, 2.05) is 70.5 Å². The molecule has 0 saturated heterocycles. The molecule has 0 radical (unpaired) electrons. The van der Waals surface area contributed by atoms with Crippen LogP contribution in [-0.2, 0) is 0 Å². The largest absolute Gasteiger partial charge is 0.351 e. The van der Waals surface area contributed by atoms with Crippen molar-refractivity contribution < 1.29 is 0 Å². The lowest BCUT2D eigenvalue weighted by Crippen LogP contribution is -2.27. The molecule has 0 fully saturated rings. The van der Waals surface area contributed by atoms with Crippen molar-refractivity contribution in [1.29, 1.82) is 0 Å². The summed E-state index contributed by atoms with van der Waals surface area (Å²) in [6.45, 7) is 11.4. The second kappa shape index (κ2) is 13.8. The van der Waals surface area contributed by atoms with E-state index in [1.54, 1.807) is 0 Å². The van der Waals surface area contributed by atoms with Crippen LogP contribution < -0.4 is 0 Å². The molecular formula is C24H32N6S2. The summed E-state index contributed by atoms with van der Waals surface area (Å²) in [5.74, 6) is 0. The molecule has 0 bridgehead atoms. The van der Waals surface area contributed by atoms with Crippen LogP contribution in [0.3, 0.4) is 0 Å². The van der Waals surface area contributed by atoms with Gasteiger partial charge >= 0.3 is 0 Å². The van der Waals surface area contributed by atoms with E-state index in [0.29, 0.717) is 21.8 Å². The summed E-state index contributed by atoms with van der Waals surface area (Å²) in [5.41, 5.74) is 3.00. The third-order valence-electron chi connectivity index (χ3n) is 4.89. The van der Waals surface area contributed by atoms with Gasteiger partial charge in [0.15, 0.2) is 10.3 Å². The van der Waals surface area contributed by atoms with E-state index in [9.17, 15) is 0 Å². The molecule has 6 nitrogen and oxygen atoms in total. The molecule has 0 heterocycles. The highest BCUT2D eigenvalue weighted by Crippen LogP contribution is 2.13. The summed E-state index contributed by atoms with van der Waals surface area (Å²) < 4.78 is 0. The predicted molar refractivity (Wildman–Crippen MR) is 145 cm³/mol. The van der Waals surface area contributed by atoms with Gasteiger partial charge in [0.05, 0.1) is 0 Å². The van der Waals surface area contributed by atoms with Crippen molar-refractivity contribution in [2.75, 3.05) is 26.2 Å². The third kappa shape index (κ3) is 7.24. The predicted octanol–water partition coefficient (Wildman–Crippen LogP) is 5.05. The van der Waals surface area contributed by atoms with Crippen LogP contribution >= 0.6 is 25.3 Å². The van der Waals surface area contributed by atoms with Crippen molar-refractivity contribution in [2.24, 2.45) is 20.4 Å². The number of thiol groups is 2. The van der Waals surface area contributed by atoms with Crippen LogP contribution in [0.5, 0.6) is 0 Å². The van der Waals surface area contributed by atoms with E-state index in [4.69, 9.17) is 0 Å². The Bertz CT molecular complexity index is 867. The maximum atomic E-state index is 4.60. The molecule has 0 atom stereocenters. The Morgan fingerprint density at radius 3 is 1.16 bits per heavy atom. The Kier molecular flexibility index (Phi) is 11.0. The van der Waals surface area contributed by atoms with E-state index in [0.717, 1.165) is 37.3 Å². The zero-order valence-electron chi connectivity index (χ0n) is 19.2. The number of nitrogens with zero attached hydrogens (tertiary/aromatic N) is 6. The zero-order chi connectivity index (χ0) is 23.3. The molecule has 8 heteroatoms. The summed E-state index contributed by atoms with van der Waals surface area (Å²) >= 11 is 9.10. The monoisotopic (exact) mass is 468 g/mol. The lowest BCUT2D eigenvalue weighted by atomic mass is 10.00. The molecule has 0 spiro atoms. The zero-order valence-corrected chi connectivity index (χ0v) is 21.0. The van der Waals surface area contributed by atoms with Gasteiger partial charge in [-0.2, -0.15) is 0 Å². The van der Waals surface area contributed by atoms with Gasteiger partial charge in [-0.05, 0) is 27.7 Å². The van der Waals surface area contributed by atoms with Crippen LogP contribution in [0.1, 0.15) is 38.8 Å². The molecular weight excluding hydrogens is 436 g/mol. The average molecular weight is 469 g/mol. The Balaban J connectivity index is 2.67. The van der Waals surface area contributed by atoms with Crippen molar-refractivity contribution in [3.8, 4) is 0 Å². The maximum absolute atomic E-state index is 4.60.